The Labute approximate surface area is 141 Å². The maximum absolute atomic E-state index is 11.0. The number of hydrazone groups is 1. The molecule has 22 heavy (non-hydrogen) atoms. The molecular weight excluding hydrogens is 368 g/mol. The van der Waals surface area contributed by atoms with Crippen molar-refractivity contribution in [2.45, 2.75) is 0 Å². The van der Waals surface area contributed by atoms with Crippen molar-refractivity contribution in [3.05, 3.63) is 69.2 Å². The molecular formula is C16H12BrClN2O2. The average Bonchev–Trinajstić information content (AvgIpc) is 2.49. The molecule has 2 N–H and O–H groups in total. The fourth-order valence-corrected chi connectivity index (χ4v) is 2.24. The van der Waals surface area contributed by atoms with Crippen molar-refractivity contribution in [2.24, 2.45) is 5.10 Å². The van der Waals surface area contributed by atoms with Crippen LogP contribution in [0.5, 0.6) is 0 Å². The highest BCUT2D eigenvalue weighted by molar-refractivity contribution is 9.12. The van der Waals surface area contributed by atoms with E-state index < -0.39 is 5.97 Å². The second kappa shape index (κ2) is 7.77. The summed E-state index contributed by atoms with van der Waals surface area (Å²) in [5.74, 6) is -1.08. The van der Waals surface area contributed by atoms with Crippen molar-refractivity contribution in [3.8, 4) is 0 Å². The van der Waals surface area contributed by atoms with Gasteiger partial charge in [0.1, 0.15) is 0 Å². The van der Waals surface area contributed by atoms with Gasteiger partial charge in [0, 0.05) is 4.48 Å². The van der Waals surface area contributed by atoms with Crippen LogP contribution in [0.1, 0.15) is 15.9 Å². The first-order valence-corrected chi connectivity index (χ1v) is 7.47. The van der Waals surface area contributed by atoms with Crippen LogP contribution in [-0.2, 0) is 0 Å². The van der Waals surface area contributed by atoms with Crippen LogP contribution in [-0.4, -0.2) is 17.3 Å². The summed E-state index contributed by atoms with van der Waals surface area (Å²) >= 11 is 9.20. The smallest absolute Gasteiger partial charge is 0.337 e. The van der Waals surface area contributed by atoms with Crippen molar-refractivity contribution in [1.82, 2.24) is 0 Å². The number of halogens is 2. The van der Waals surface area contributed by atoms with E-state index in [1.54, 1.807) is 12.3 Å². The Balaban J connectivity index is 2.05. The van der Waals surface area contributed by atoms with Gasteiger partial charge in [-0.15, -0.1) is 0 Å². The number of nitrogens with one attached hydrogen (secondary N) is 1. The summed E-state index contributed by atoms with van der Waals surface area (Å²) < 4.78 is 0.777. The molecule has 0 saturated heterocycles. The van der Waals surface area contributed by atoms with Crippen LogP contribution in [0.25, 0.3) is 6.08 Å². The van der Waals surface area contributed by atoms with Crippen molar-refractivity contribution in [1.29, 1.82) is 0 Å². The molecule has 0 fully saturated rings. The molecule has 0 amide bonds. The molecule has 0 aliphatic heterocycles. The predicted octanol–water partition coefficient (Wildman–Crippen LogP) is 4.87. The monoisotopic (exact) mass is 378 g/mol. The molecule has 2 rings (SSSR count). The van der Waals surface area contributed by atoms with Crippen LogP contribution >= 0.6 is 27.5 Å². The fourth-order valence-electron chi connectivity index (χ4n) is 1.67. The van der Waals surface area contributed by atoms with Crippen LogP contribution in [0.4, 0.5) is 5.69 Å². The van der Waals surface area contributed by atoms with E-state index in [0.29, 0.717) is 5.69 Å². The average molecular weight is 380 g/mol. The molecule has 0 bridgehead atoms. The van der Waals surface area contributed by atoms with Gasteiger partial charge in [0.25, 0.3) is 0 Å². The van der Waals surface area contributed by atoms with Gasteiger partial charge in [0.15, 0.2) is 0 Å². The highest BCUT2D eigenvalue weighted by Crippen LogP contribution is 2.20. The molecule has 0 aromatic heterocycles. The molecule has 6 heteroatoms. The third-order valence-corrected chi connectivity index (χ3v) is 3.45. The van der Waals surface area contributed by atoms with Crippen molar-refractivity contribution in [3.63, 3.8) is 0 Å². The van der Waals surface area contributed by atoms with Crippen LogP contribution in [0.3, 0.4) is 0 Å². The van der Waals surface area contributed by atoms with E-state index in [9.17, 15) is 4.79 Å². The van der Waals surface area contributed by atoms with Gasteiger partial charge in [-0.2, -0.15) is 5.10 Å². The highest BCUT2D eigenvalue weighted by Gasteiger charge is 2.08. The lowest BCUT2D eigenvalue weighted by atomic mass is 10.2. The third-order valence-electron chi connectivity index (χ3n) is 2.68. The number of hydrogen-bond acceptors (Lipinski definition) is 3. The maximum Gasteiger partial charge on any atom is 0.337 e. The number of carbonyl (C=O) groups is 1. The second-order valence-corrected chi connectivity index (χ2v) is 5.63. The first-order chi connectivity index (χ1) is 10.6. The summed E-state index contributed by atoms with van der Waals surface area (Å²) in [5.41, 5.74) is 4.37. The fraction of sp³-hybridized carbons (Fsp3) is 0. The Morgan fingerprint density at radius 1 is 1.23 bits per heavy atom. The lowest BCUT2D eigenvalue weighted by Crippen LogP contribution is -1.99. The van der Waals surface area contributed by atoms with Crippen LogP contribution in [0.2, 0.25) is 5.02 Å². The van der Waals surface area contributed by atoms with E-state index in [2.05, 4.69) is 26.5 Å². The zero-order valence-corrected chi connectivity index (χ0v) is 13.7. The molecule has 4 nitrogen and oxygen atoms in total. The zero-order chi connectivity index (χ0) is 15.9. The third kappa shape index (κ3) is 4.72. The summed E-state index contributed by atoms with van der Waals surface area (Å²) in [5, 5.41) is 13.2. The Morgan fingerprint density at radius 2 is 1.95 bits per heavy atom. The van der Waals surface area contributed by atoms with E-state index in [-0.39, 0.29) is 10.6 Å². The minimum Gasteiger partial charge on any atom is -0.478 e. The first-order valence-electron chi connectivity index (χ1n) is 6.30. The highest BCUT2D eigenvalue weighted by atomic mass is 79.9. The summed E-state index contributed by atoms with van der Waals surface area (Å²) in [6, 6.07) is 14.4. The van der Waals surface area contributed by atoms with Gasteiger partial charge >= 0.3 is 5.97 Å². The van der Waals surface area contributed by atoms with E-state index >= 15 is 0 Å². The molecule has 2 aromatic carbocycles. The number of allylic oxidation sites excluding steroid dienone is 1. The van der Waals surface area contributed by atoms with Gasteiger partial charge in [-0.1, -0.05) is 41.9 Å². The lowest BCUT2D eigenvalue weighted by molar-refractivity contribution is 0.0697. The van der Waals surface area contributed by atoms with Crippen molar-refractivity contribution < 1.29 is 9.90 Å². The summed E-state index contributed by atoms with van der Waals surface area (Å²) in [6.45, 7) is 0. The van der Waals surface area contributed by atoms with Gasteiger partial charge in [0.05, 0.1) is 22.5 Å². The van der Waals surface area contributed by atoms with Gasteiger partial charge in [-0.25, -0.2) is 4.79 Å². The number of carboxylic acid groups (broad SMARTS) is 1. The quantitative estimate of drug-likeness (QED) is 0.575. The van der Waals surface area contributed by atoms with Crippen LogP contribution in [0, 0.1) is 0 Å². The zero-order valence-electron chi connectivity index (χ0n) is 11.3. The summed E-state index contributed by atoms with van der Waals surface area (Å²) in [7, 11) is 0. The number of aromatic carboxylic acids is 1. The largest absolute Gasteiger partial charge is 0.478 e. The standard InChI is InChI=1S/C16H12BrClN2O2/c17-12(8-11-4-2-1-3-5-11)10-19-20-13-6-7-15(18)14(9-13)16(21)22/h1-10,20H,(H,21,22)/b12-8+,19-10?. The number of benzene rings is 2. The predicted molar refractivity (Wildman–Crippen MR) is 93.9 cm³/mol. The summed E-state index contributed by atoms with van der Waals surface area (Å²) in [4.78, 5) is 11.0. The van der Waals surface area contributed by atoms with Gasteiger partial charge in [-0.05, 0) is 45.8 Å². The molecule has 0 heterocycles. The molecule has 112 valence electrons. The van der Waals surface area contributed by atoms with E-state index in [1.807, 2.05) is 36.4 Å². The topological polar surface area (TPSA) is 61.7 Å². The molecule has 0 aliphatic rings. The van der Waals surface area contributed by atoms with E-state index in [1.165, 1.54) is 12.1 Å². The Morgan fingerprint density at radius 3 is 2.64 bits per heavy atom. The normalized spacial score (nSPS) is 11.6. The van der Waals surface area contributed by atoms with Gasteiger partial charge in [0.2, 0.25) is 0 Å². The maximum atomic E-state index is 11.0. The number of anilines is 1. The summed E-state index contributed by atoms with van der Waals surface area (Å²) in [6.07, 6.45) is 3.50. The minimum absolute atomic E-state index is 0.0285. The second-order valence-electron chi connectivity index (χ2n) is 4.31. The number of nitrogens with zero attached hydrogens (tertiary/aromatic N) is 1. The first kappa shape index (κ1) is 16.3. The number of rotatable bonds is 5. The van der Waals surface area contributed by atoms with E-state index in [0.717, 1.165) is 10.0 Å². The Kier molecular flexibility index (Phi) is 5.75. The van der Waals surface area contributed by atoms with Crippen molar-refractivity contribution in [2.75, 3.05) is 5.43 Å². The number of hydrogen-bond donors (Lipinski definition) is 2. The van der Waals surface area contributed by atoms with Crippen molar-refractivity contribution >= 4 is 51.5 Å². The Bertz CT molecular complexity index is 730. The number of carboxylic acids is 1. The lowest BCUT2D eigenvalue weighted by Gasteiger charge is -2.03. The van der Waals surface area contributed by atoms with Crippen LogP contribution in [0.15, 0.2) is 58.1 Å². The van der Waals surface area contributed by atoms with E-state index in [4.69, 9.17) is 16.7 Å². The SMILES string of the molecule is O=C(O)c1cc(NN=C/C(Br)=C\c2ccccc2)ccc1Cl. The molecule has 0 spiro atoms. The van der Waals surface area contributed by atoms with Gasteiger partial charge < -0.3 is 5.11 Å². The Hall–Kier alpha value is -2.11. The van der Waals surface area contributed by atoms with Crippen LogP contribution < -0.4 is 5.43 Å². The molecule has 0 unspecified atom stereocenters. The molecule has 0 saturated carbocycles. The minimum atomic E-state index is -1.08. The molecule has 2 aromatic rings. The van der Waals surface area contributed by atoms with Gasteiger partial charge in [-0.3, -0.25) is 5.43 Å². The molecule has 0 radical (unpaired) electrons. The molecule has 0 aliphatic carbocycles. The molecule has 0 atom stereocenters.